The lowest BCUT2D eigenvalue weighted by atomic mass is 10.0. The Morgan fingerprint density at radius 3 is 2.08 bits per heavy atom. The number of hydrogen-bond acceptors (Lipinski definition) is 3. The van der Waals surface area contributed by atoms with Crippen LogP contribution in [0.2, 0.25) is 0 Å². The highest BCUT2D eigenvalue weighted by molar-refractivity contribution is 5.97. The Kier molecular flexibility index (Phi) is 4.55. The molecule has 0 aromatic heterocycles. The van der Waals surface area contributed by atoms with Crippen molar-refractivity contribution in [2.45, 2.75) is 40.2 Å². The van der Waals surface area contributed by atoms with Gasteiger partial charge in [-0.1, -0.05) is 6.92 Å². The Morgan fingerprint density at radius 1 is 1.33 bits per heavy atom. The average Bonchev–Trinajstić information content (AvgIpc) is 1.85. The lowest BCUT2D eigenvalue weighted by Crippen LogP contribution is -2.25. The first kappa shape index (κ1) is 11.1. The molecule has 0 aliphatic heterocycles. The van der Waals surface area contributed by atoms with Crippen LogP contribution in [0.4, 0.5) is 0 Å². The number of ketones is 1. The summed E-state index contributed by atoms with van der Waals surface area (Å²) in [5, 5.41) is 0. The van der Waals surface area contributed by atoms with Crippen LogP contribution in [0.3, 0.4) is 0 Å². The Morgan fingerprint density at radius 2 is 1.83 bits per heavy atom. The van der Waals surface area contributed by atoms with E-state index in [0.29, 0.717) is 6.42 Å². The summed E-state index contributed by atoms with van der Waals surface area (Å²) in [6.45, 7) is 6.75. The molecule has 0 fully saturated rings. The largest absolute Gasteiger partial charge is 0.462 e. The lowest BCUT2D eigenvalue weighted by molar-refractivity contribution is -0.155. The summed E-state index contributed by atoms with van der Waals surface area (Å²) in [6, 6.07) is 0. The second-order valence-corrected chi connectivity index (χ2v) is 3.06. The van der Waals surface area contributed by atoms with Gasteiger partial charge in [0.1, 0.15) is 11.7 Å². The summed E-state index contributed by atoms with van der Waals surface area (Å²) in [6.07, 6.45) is 0.367. The summed E-state index contributed by atoms with van der Waals surface area (Å²) < 4.78 is 4.90. The van der Waals surface area contributed by atoms with Crippen molar-refractivity contribution < 1.29 is 14.3 Å². The maximum Gasteiger partial charge on any atom is 0.316 e. The summed E-state index contributed by atoms with van der Waals surface area (Å²) in [7, 11) is 0. The smallest absolute Gasteiger partial charge is 0.316 e. The van der Waals surface area contributed by atoms with E-state index in [1.165, 1.54) is 6.92 Å². The molecule has 0 bridgehead atoms. The molecule has 1 atom stereocenters. The topological polar surface area (TPSA) is 43.4 Å². The van der Waals surface area contributed by atoms with E-state index < -0.39 is 11.9 Å². The van der Waals surface area contributed by atoms with Crippen molar-refractivity contribution in [3.8, 4) is 0 Å². The van der Waals surface area contributed by atoms with Crippen LogP contribution in [-0.4, -0.2) is 17.9 Å². The highest BCUT2D eigenvalue weighted by Crippen LogP contribution is 2.07. The van der Waals surface area contributed by atoms with Crippen LogP contribution < -0.4 is 0 Å². The van der Waals surface area contributed by atoms with Gasteiger partial charge >= 0.3 is 5.97 Å². The van der Waals surface area contributed by atoms with E-state index >= 15 is 0 Å². The van der Waals surface area contributed by atoms with E-state index in [2.05, 4.69) is 0 Å². The second kappa shape index (κ2) is 4.91. The van der Waals surface area contributed by atoms with Crippen molar-refractivity contribution in [2.75, 3.05) is 0 Å². The van der Waals surface area contributed by atoms with Crippen molar-refractivity contribution >= 4 is 11.8 Å². The Labute approximate surface area is 73.1 Å². The fraction of sp³-hybridized carbons (Fsp3) is 0.778. The Hall–Kier alpha value is -0.860. The fourth-order valence-corrected chi connectivity index (χ4v) is 0.935. The molecule has 0 rings (SSSR count). The predicted octanol–water partition coefficient (Wildman–Crippen LogP) is 1.55. The summed E-state index contributed by atoms with van der Waals surface area (Å²) in [5.41, 5.74) is 0. The average molecular weight is 172 g/mol. The zero-order valence-electron chi connectivity index (χ0n) is 8.09. The third kappa shape index (κ3) is 3.51. The molecule has 0 amide bonds. The molecule has 0 aromatic carbocycles. The van der Waals surface area contributed by atoms with Crippen molar-refractivity contribution in [3.05, 3.63) is 0 Å². The lowest BCUT2D eigenvalue weighted by Gasteiger charge is -2.13. The van der Waals surface area contributed by atoms with Crippen molar-refractivity contribution in [1.82, 2.24) is 0 Å². The van der Waals surface area contributed by atoms with Crippen molar-refractivity contribution in [3.63, 3.8) is 0 Å². The molecule has 3 heteroatoms. The third-order valence-electron chi connectivity index (χ3n) is 1.54. The maximum absolute atomic E-state index is 11.2. The second-order valence-electron chi connectivity index (χ2n) is 3.06. The van der Waals surface area contributed by atoms with Gasteiger partial charge in [-0.25, -0.2) is 0 Å². The van der Waals surface area contributed by atoms with Crippen LogP contribution >= 0.6 is 0 Å². The fourth-order valence-electron chi connectivity index (χ4n) is 0.935. The van der Waals surface area contributed by atoms with Crippen molar-refractivity contribution in [1.29, 1.82) is 0 Å². The number of Topliss-reactive ketones (excluding diaryl/α,β-unsaturated/α-hetero) is 1. The van der Waals surface area contributed by atoms with Gasteiger partial charge in [-0.15, -0.1) is 0 Å². The molecule has 0 N–H and O–H groups in total. The third-order valence-corrected chi connectivity index (χ3v) is 1.54. The van der Waals surface area contributed by atoms with E-state index in [1.54, 1.807) is 20.8 Å². The van der Waals surface area contributed by atoms with E-state index in [4.69, 9.17) is 4.74 Å². The first-order valence-electron chi connectivity index (χ1n) is 4.20. The number of rotatable bonds is 4. The minimum absolute atomic E-state index is 0.122. The number of carbonyl (C=O) groups excluding carboxylic acids is 2. The van der Waals surface area contributed by atoms with Gasteiger partial charge in [0.25, 0.3) is 0 Å². The molecule has 0 radical (unpaired) electrons. The predicted molar refractivity (Wildman–Crippen MR) is 45.7 cm³/mol. The highest BCUT2D eigenvalue weighted by Gasteiger charge is 2.23. The molecule has 1 unspecified atom stereocenters. The first-order chi connectivity index (χ1) is 5.49. The van der Waals surface area contributed by atoms with Gasteiger partial charge in [0.05, 0.1) is 6.10 Å². The number of hydrogen-bond donors (Lipinski definition) is 0. The first-order valence-corrected chi connectivity index (χ1v) is 4.20. The molecule has 0 heterocycles. The molecule has 0 saturated heterocycles. The van der Waals surface area contributed by atoms with Gasteiger partial charge < -0.3 is 4.74 Å². The van der Waals surface area contributed by atoms with Crippen LogP contribution in [0, 0.1) is 5.92 Å². The normalized spacial score (nSPS) is 12.8. The number of ether oxygens (including phenoxy) is 1. The van der Waals surface area contributed by atoms with Gasteiger partial charge in [0.15, 0.2) is 0 Å². The van der Waals surface area contributed by atoms with Gasteiger partial charge in [0.2, 0.25) is 0 Å². The molecule has 0 spiro atoms. The van der Waals surface area contributed by atoms with E-state index in [1.807, 2.05) is 0 Å². The highest BCUT2D eigenvalue weighted by atomic mass is 16.5. The van der Waals surface area contributed by atoms with Crippen LogP contribution in [0.15, 0.2) is 0 Å². The summed E-state index contributed by atoms with van der Waals surface area (Å²) in [5.74, 6) is -1.10. The minimum atomic E-state index is -0.576. The molecule has 70 valence electrons. The summed E-state index contributed by atoms with van der Waals surface area (Å²) in [4.78, 5) is 22.1. The monoisotopic (exact) mass is 172 g/mol. The van der Waals surface area contributed by atoms with Gasteiger partial charge in [-0.3, -0.25) is 9.59 Å². The quantitative estimate of drug-likeness (QED) is 0.477. The summed E-state index contributed by atoms with van der Waals surface area (Å²) >= 11 is 0. The molecule has 0 aliphatic carbocycles. The maximum atomic E-state index is 11.2. The number of carbonyl (C=O) groups is 2. The Bertz CT molecular complexity index is 173. The van der Waals surface area contributed by atoms with E-state index in [0.717, 1.165) is 0 Å². The molecule has 12 heavy (non-hydrogen) atoms. The van der Waals surface area contributed by atoms with E-state index in [-0.39, 0.29) is 11.9 Å². The van der Waals surface area contributed by atoms with Gasteiger partial charge in [-0.05, 0) is 27.2 Å². The standard InChI is InChI=1S/C9H16O3/c1-5-8(7(4)10)9(11)12-6(2)3/h6,8H,5H2,1-4H3. The van der Waals surface area contributed by atoms with Crippen LogP contribution in [-0.2, 0) is 14.3 Å². The SMILES string of the molecule is CCC(C(C)=O)C(=O)OC(C)C. The van der Waals surface area contributed by atoms with Gasteiger partial charge in [0, 0.05) is 0 Å². The van der Waals surface area contributed by atoms with Crippen LogP contribution in [0.5, 0.6) is 0 Å². The molecule has 3 nitrogen and oxygen atoms in total. The number of esters is 1. The minimum Gasteiger partial charge on any atom is -0.462 e. The van der Waals surface area contributed by atoms with Crippen LogP contribution in [0.25, 0.3) is 0 Å². The molecular formula is C9H16O3. The zero-order chi connectivity index (χ0) is 9.72. The van der Waals surface area contributed by atoms with Crippen LogP contribution in [0.1, 0.15) is 34.1 Å². The molecule has 0 aromatic rings. The molecular weight excluding hydrogens is 156 g/mol. The molecule has 0 saturated carbocycles. The van der Waals surface area contributed by atoms with Gasteiger partial charge in [-0.2, -0.15) is 0 Å². The van der Waals surface area contributed by atoms with Crippen molar-refractivity contribution in [2.24, 2.45) is 5.92 Å². The zero-order valence-corrected chi connectivity index (χ0v) is 8.09. The molecule has 0 aliphatic rings. The van der Waals surface area contributed by atoms with E-state index in [9.17, 15) is 9.59 Å². The Balaban J connectivity index is 4.13.